The number of halogens is 1. The molecule has 0 fully saturated rings. The predicted octanol–water partition coefficient (Wildman–Crippen LogP) is 3.19. The lowest BCUT2D eigenvalue weighted by molar-refractivity contribution is 0.0602. The van der Waals surface area contributed by atoms with E-state index in [1.54, 1.807) is 30.3 Å². The van der Waals surface area contributed by atoms with Crippen LogP contribution in [0.2, 0.25) is 0 Å². The van der Waals surface area contributed by atoms with Crippen LogP contribution in [0.4, 0.5) is 5.69 Å². The van der Waals surface area contributed by atoms with E-state index in [4.69, 9.17) is 0 Å². The number of benzene rings is 2. The van der Waals surface area contributed by atoms with Gasteiger partial charge in [-0.2, -0.15) is 0 Å². The maximum absolute atomic E-state index is 12.1. The Morgan fingerprint density at radius 2 is 1.86 bits per heavy atom. The van der Waals surface area contributed by atoms with Crippen molar-refractivity contribution in [2.24, 2.45) is 0 Å². The van der Waals surface area contributed by atoms with E-state index in [0.717, 1.165) is 0 Å². The van der Waals surface area contributed by atoms with Crippen molar-refractivity contribution in [2.75, 3.05) is 12.4 Å². The molecule has 0 aliphatic heterocycles. The van der Waals surface area contributed by atoms with Crippen LogP contribution in [-0.4, -0.2) is 24.1 Å². The Morgan fingerprint density at radius 1 is 1.14 bits per heavy atom. The molecule has 0 spiro atoms. The lowest BCUT2D eigenvalue weighted by Crippen LogP contribution is -2.15. The topological polar surface area (TPSA) is 75.6 Å². The van der Waals surface area contributed by atoms with E-state index < -0.39 is 11.9 Å². The molecular formula is C15H12BrNO4. The van der Waals surface area contributed by atoms with E-state index >= 15 is 0 Å². The van der Waals surface area contributed by atoms with Gasteiger partial charge in [0.1, 0.15) is 5.75 Å². The Balaban J connectivity index is 2.34. The Hall–Kier alpha value is -2.34. The van der Waals surface area contributed by atoms with Gasteiger partial charge in [-0.25, -0.2) is 4.79 Å². The van der Waals surface area contributed by atoms with Crippen molar-refractivity contribution < 1.29 is 19.4 Å². The summed E-state index contributed by atoms with van der Waals surface area (Å²) in [7, 11) is 1.26. The number of phenols is 1. The Morgan fingerprint density at radius 3 is 2.52 bits per heavy atom. The summed E-state index contributed by atoms with van der Waals surface area (Å²) in [5, 5.41) is 12.3. The summed E-state index contributed by atoms with van der Waals surface area (Å²) in [6.07, 6.45) is 0. The molecule has 2 aromatic rings. The van der Waals surface area contributed by atoms with Gasteiger partial charge in [0.05, 0.1) is 23.9 Å². The minimum absolute atomic E-state index is 0.122. The third kappa shape index (κ3) is 3.41. The molecule has 0 aliphatic carbocycles. The molecule has 6 heteroatoms. The molecule has 0 saturated carbocycles. The van der Waals surface area contributed by atoms with Gasteiger partial charge < -0.3 is 15.2 Å². The minimum atomic E-state index is -0.566. The molecular weight excluding hydrogens is 338 g/mol. The first-order valence-corrected chi connectivity index (χ1v) is 6.79. The van der Waals surface area contributed by atoms with E-state index in [1.165, 1.54) is 19.2 Å². The standard InChI is InChI=1S/C15H12BrNO4/c1-21-15(20)11-8-9(16)6-7-12(11)17-14(19)10-4-2-3-5-13(10)18/h2-8,18H,1H3,(H,17,19). The van der Waals surface area contributed by atoms with Crippen LogP contribution in [0, 0.1) is 0 Å². The first-order chi connectivity index (χ1) is 10.0. The van der Waals surface area contributed by atoms with Crippen molar-refractivity contribution in [3.05, 3.63) is 58.1 Å². The highest BCUT2D eigenvalue weighted by Crippen LogP contribution is 2.24. The first-order valence-electron chi connectivity index (χ1n) is 6.00. The monoisotopic (exact) mass is 349 g/mol. The minimum Gasteiger partial charge on any atom is -0.507 e. The second-order valence-corrected chi connectivity index (χ2v) is 5.07. The summed E-state index contributed by atoms with van der Waals surface area (Å²) in [6, 6.07) is 11.0. The number of para-hydroxylation sites is 1. The van der Waals surface area contributed by atoms with Gasteiger partial charge in [0.15, 0.2) is 0 Å². The maximum atomic E-state index is 12.1. The van der Waals surface area contributed by atoms with Gasteiger partial charge in [0.2, 0.25) is 0 Å². The van der Waals surface area contributed by atoms with E-state index in [-0.39, 0.29) is 16.9 Å². The van der Waals surface area contributed by atoms with E-state index in [0.29, 0.717) is 10.2 Å². The largest absolute Gasteiger partial charge is 0.507 e. The van der Waals surface area contributed by atoms with Gasteiger partial charge in [-0.3, -0.25) is 4.79 Å². The second-order valence-electron chi connectivity index (χ2n) is 4.15. The van der Waals surface area contributed by atoms with Crippen molar-refractivity contribution in [1.29, 1.82) is 0 Å². The number of hydrogen-bond donors (Lipinski definition) is 2. The van der Waals surface area contributed by atoms with Crippen LogP contribution < -0.4 is 5.32 Å². The van der Waals surface area contributed by atoms with E-state index in [9.17, 15) is 14.7 Å². The number of amides is 1. The van der Waals surface area contributed by atoms with Crippen molar-refractivity contribution in [3.8, 4) is 5.75 Å². The molecule has 1 amide bonds. The van der Waals surface area contributed by atoms with Gasteiger partial charge in [-0.15, -0.1) is 0 Å². The number of carbonyl (C=O) groups excluding carboxylic acids is 2. The van der Waals surface area contributed by atoms with Gasteiger partial charge in [0, 0.05) is 4.47 Å². The number of methoxy groups -OCH3 is 1. The Kier molecular flexibility index (Phi) is 4.59. The number of hydrogen-bond acceptors (Lipinski definition) is 4. The average molecular weight is 350 g/mol. The third-order valence-electron chi connectivity index (χ3n) is 2.78. The zero-order valence-electron chi connectivity index (χ0n) is 11.1. The second kappa shape index (κ2) is 6.41. The van der Waals surface area contributed by atoms with Crippen molar-refractivity contribution in [1.82, 2.24) is 0 Å². The van der Waals surface area contributed by atoms with Gasteiger partial charge >= 0.3 is 5.97 Å². The SMILES string of the molecule is COC(=O)c1cc(Br)ccc1NC(=O)c1ccccc1O. The quantitative estimate of drug-likeness (QED) is 0.834. The smallest absolute Gasteiger partial charge is 0.340 e. The van der Waals surface area contributed by atoms with Crippen LogP contribution in [0.1, 0.15) is 20.7 Å². The molecule has 0 aromatic heterocycles. The number of nitrogens with one attached hydrogen (secondary N) is 1. The molecule has 108 valence electrons. The van der Waals surface area contributed by atoms with Gasteiger partial charge in [-0.05, 0) is 30.3 Å². The summed E-state index contributed by atoms with van der Waals surface area (Å²) in [5.74, 6) is -1.21. The van der Waals surface area contributed by atoms with Gasteiger partial charge in [0.25, 0.3) is 5.91 Å². The lowest BCUT2D eigenvalue weighted by Gasteiger charge is -2.11. The van der Waals surface area contributed by atoms with Crippen LogP contribution in [0.25, 0.3) is 0 Å². The zero-order valence-corrected chi connectivity index (χ0v) is 12.7. The fraction of sp³-hybridized carbons (Fsp3) is 0.0667. The molecule has 2 N–H and O–H groups in total. The summed E-state index contributed by atoms with van der Waals surface area (Å²) in [6.45, 7) is 0. The highest BCUT2D eigenvalue weighted by molar-refractivity contribution is 9.10. The number of aromatic hydroxyl groups is 1. The zero-order chi connectivity index (χ0) is 15.4. The molecule has 0 bridgehead atoms. The molecule has 2 aromatic carbocycles. The van der Waals surface area contributed by atoms with Crippen molar-refractivity contribution in [2.45, 2.75) is 0 Å². The first kappa shape index (κ1) is 15.1. The van der Waals surface area contributed by atoms with Crippen LogP contribution in [0.3, 0.4) is 0 Å². The number of ether oxygens (including phenoxy) is 1. The molecule has 0 atom stereocenters. The number of phenolic OH excluding ortho intramolecular Hbond substituents is 1. The number of anilines is 1. The molecule has 21 heavy (non-hydrogen) atoms. The molecule has 0 saturated heterocycles. The fourth-order valence-corrected chi connectivity index (χ4v) is 2.12. The normalized spacial score (nSPS) is 10.0. The highest BCUT2D eigenvalue weighted by atomic mass is 79.9. The fourth-order valence-electron chi connectivity index (χ4n) is 1.76. The average Bonchev–Trinajstić information content (AvgIpc) is 2.48. The summed E-state index contributed by atoms with van der Waals surface area (Å²) < 4.78 is 5.37. The van der Waals surface area contributed by atoms with Gasteiger partial charge in [-0.1, -0.05) is 28.1 Å². The third-order valence-corrected chi connectivity index (χ3v) is 3.28. The van der Waals surface area contributed by atoms with Crippen LogP contribution in [0.5, 0.6) is 5.75 Å². The molecule has 0 radical (unpaired) electrons. The van der Waals surface area contributed by atoms with Crippen molar-refractivity contribution >= 4 is 33.5 Å². The van der Waals surface area contributed by atoms with Crippen LogP contribution in [-0.2, 0) is 4.74 Å². The lowest BCUT2D eigenvalue weighted by atomic mass is 10.1. The Labute approximate surface area is 129 Å². The van der Waals surface area contributed by atoms with Crippen LogP contribution >= 0.6 is 15.9 Å². The molecule has 0 heterocycles. The van der Waals surface area contributed by atoms with E-state index in [1.807, 2.05) is 0 Å². The number of rotatable bonds is 3. The maximum Gasteiger partial charge on any atom is 0.340 e. The van der Waals surface area contributed by atoms with Crippen molar-refractivity contribution in [3.63, 3.8) is 0 Å². The summed E-state index contributed by atoms with van der Waals surface area (Å²) >= 11 is 3.26. The molecule has 0 unspecified atom stereocenters. The molecule has 0 aliphatic rings. The molecule has 2 rings (SSSR count). The Bertz CT molecular complexity index is 700. The summed E-state index contributed by atoms with van der Waals surface area (Å²) in [5.41, 5.74) is 0.644. The predicted molar refractivity (Wildman–Crippen MR) is 81.5 cm³/mol. The van der Waals surface area contributed by atoms with E-state index in [2.05, 4.69) is 26.0 Å². The summed E-state index contributed by atoms with van der Waals surface area (Å²) in [4.78, 5) is 23.9. The number of carbonyl (C=O) groups is 2. The highest BCUT2D eigenvalue weighted by Gasteiger charge is 2.16. The van der Waals surface area contributed by atoms with Crippen LogP contribution in [0.15, 0.2) is 46.9 Å². The molecule has 5 nitrogen and oxygen atoms in total. The number of esters is 1.